The van der Waals surface area contributed by atoms with Crippen LogP contribution in [0.5, 0.6) is 0 Å². The number of nitrogens with zero attached hydrogens (tertiary/aromatic N) is 6. The minimum Gasteiger partial charge on any atom is -0.276 e. The van der Waals surface area contributed by atoms with Crippen molar-refractivity contribution in [3.05, 3.63) is 82.4 Å². The Kier molecular flexibility index (Phi) is 4.21. The lowest BCUT2D eigenvalue weighted by molar-refractivity contribution is 0.767. The Labute approximate surface area is 170 Å². The molecular weight excluding hydrogens is 384 g/mol. The molecule has 3 heterocycles. The topological polar surface area (TPSA) is 70.0 Å². The van der Waals surface area contributed by atoms with E-state index in [4.69, 9.17) is 0 Å². The first-order valence-electron chi connectivity index (χ1n) is 9.18. The molecule has 0 saturated heterocycles. The fourth-order valence-corrected chi connectivity index (χ4v) is 4.35. The van der Waals surface area contributed by atoms with Gasteiger partial charge in [0.05, 0.1) is 22.8 Å². The molecule has 0 fully saturated rings. The second-order valence-corrected chi connectivity index (χ2v) is 7.82. The zero-order chi connectivity index (χ0) is 20.0. The van der Waals surface area contributed by atoms with Gasteiger partial charge in [0, 0.05) is 24.6 Å². The summed E-state index contributed by atoms with van der Waals surface area (Å²) in [5.41, 5.74) is 3.62. The van der Waals surface area contributed by atoms with E-state index < -0.39 is 0 Å². The Morgan fingerprint density at radius 3 is 2.62 bits per heavy atom. The molecule has 5 rings (SSSR count). The molecule has 0 aliphatic rings. The van der Waals surface area contributed by atoms with Gasteiger partial charge in [-0.1, -0.05) is 42.1 Å². The molecule has 0 bridgehead atoms. The molecule has 7 nitrogen and oxygen atoms in total. The van der Waals surface area contributed by atoms with Crippen LogP contribution in [0.2, 0.25) is 0 Å². The summed E-state index contributed by atoms with van der Waals surface area (Å²) >= 11 is 1.57. The molecule has 0 aliphatic carbocycles. The highest BCUT2D eigenvalue weighted by molar-refractivity contribution is 7.98. The summed E-state index contributed by atoms with van der Waals surface area (Å²) in [6, 6.07) is 15.4. The van der Waals surface area contributed by atoms with Crippen molar-refractivity contribution in [2.45, 2.75) is 17.8 Å². The second-order valence-electron chi connectivity index (χ2n) is 6.87. The van der Waals surface area contributed by atoms with Crippen LogP contribution in [0, 0.1) is 6.92 Å². The number of hydrogen-bond acceptors (Lipinski definition) is 5. The second kappa shape index (κ2) is 6.89. The van der Waals surface area contributed by atoms with Crippen LogP contribution in [0.25, 0.3) is 22.4 Å². The maximum absolute atomic E-state index is 13.4. The van der Waals surface area contributed by atoms with Gasteiger partial charge in [0.1, 0.15) is 0 Å². The number of hydrogen-bond donors (Lipinski definition) is 0. The van der Waals surface area contributed by atoms with Crippen LogP contribution in [0.1, 0.15) is 11.1 Å². The third kappa shape index (κ3) is 2.92. The summed E-state index contributed by atoms with van der Waals surface area (Å²) in [5.74, 6) is 1.23. The summed E-state index contributed by atoms with van der Waals surface area (Å²) in [6.45, 7) is 1.99. The number of para-hydroxylation sites is 2. The molecule has 0 amide bonds. The van der Waals surface area contributed by atoms with Crippen molar-refractivity contribution in [2.75, 3.05) is 0 Å². The van der Waals surface area contributed by atoms with E-state index in [0.717, 1.165) is 27.5 Å². The van der Waals surface area contributed by atoms with Crippen LogP contribution in [-0.2, 0) is 12.8 Å². The fraction of sp³-hybridized carbons (Fsp3) is 0.143. The van der Waals surface area contributed by atoms with E-state index in [1.807, 2.05) is 79.3 Å². The maximum Gasteiger partial charge on any atom is 0.267 e. The first kappa shape index (κ1) is 17.7. The minimum absolute atomic E-state index is 0.0985. The molecule has 2 aromatic carbocycles. The zero-order valence-corrected chi connectivity index (χ0v) is 16.8. The Balaban J connectivity index is 1.76. The molecule has 0 spiro atoms. The average Bonchev–Trinajstić information content (AvgIpc) is 3.34. The average molecular weight is 402 g/mol. The fourth-order valence-electron chi connectivity index (χ4n) is 3.50. The van der Waals surface area contributed by atoms with Crippen molar-refractivity contribution >= 4 is 28.4 Å². The van der Waals surface area contributed by atoms with Crippen molar-refractivity contribution in [2.24, 2.45) is 7.05 Å². The molecule has 5 aromatic rings. The Bertz CT molecular complexity index is 1410. The van der Waals surface area contributed by atoms with Crippen molar-refractivity contribution in [1.29, 1.82) is 0 Å². The third-order valence-corrected chi connectivity index (χ3v) is 5.88. The van der Waals surface area contributed by atoms with Crippen LogP contribution in [0.15, 0.2) is 70.9 Å². The Hall–Kier alpha value is -3.39. The van der Waals surface area contributed by atoms with Gasteiger partial charge in [-0.25, -0.2) is 4.57 Å². The summed E-state index contributed by atoms with van der Waals surface area (Å²) in [6.07, 6.45) is 3.83. The minimum atomic E-state index is -0.0985. The van der Waals surface area contributed by atoms with E-state index in [1.54, 1.807) is 21.0 Å². The van der Waals surface area contributed by atoms with E-state index >= 15 is 0 Å². The van der Waals surface area contributed by atoms with E-state index in [9.17, 15) is 4.79 Å². The molecule has 144 valence electrons. The third-order valence-electron chi connectivity index (χ3n) is 4.88. The van der Waals surface area contributed by atoms with E-state index in [0.29, 0.717) is 16.9 Å². The van der Waals surface area contributed by atoms with Gasteiger partial charge >= 0.3 is 0 Å². The monoisotopic (exact) mass is 402 g/mol. The standard InChI is InChI=1S/C21H18N6OS/c1-14-7-3-5-9-17(14)26-19(28)16-8-4-6-10-18(16)27-20(26)23-24-21(27)29-13-15-11-22-25(2)12-15/h3-12H,13H2,1-2H3. The number of aryl methyl sites for hydroxylation is 2. The highest BCUT2D eigenvalue weighted by Gasteiger charge is 2.18. The highest BCUT2D eigenvalue weighted by Crippen LogP contribution is 2.26. The molecule has 0 unspecified atom stereocenters. The lowest BCUT2D eigenvalue weighted by Gasteiger charge is -2.13. The summed E-state index contributed by atoms with van der Waals surface area (Å²) in [5, 5.41) is 14.4. The van der Waals surface area contributed by atoms with E-state index in [2.05, 4.69) is 15.3 Å². The smallest absolute Gasteiger partial charge is 0.267 e. The molecule has 0 atom stereocenters. The van der Waals surface area contributed by atoms with Gasteiger partial charge in [0.2, 0.25) is 5.78 Å². The van der Waals surface area contributed by atoms with Gasteiger partial charge in [0.15, 0.2) is 5.16 Å². The van der Waals surface area contributed by atoms with Crippen molar-refractivity contribution in [1.82, 2.24) is 28.9 Å². The van der Waals surface area contributed by atoms with E-state index in [1.165, 1.54) is 0 Å². The van der Waals surface area contributed by atoms with Crippen LogP contribution < -0.4 is 5.56 Å². The molecule has 29 heavy (non-hydrogen) atoms. The first-order valence-corrected chi connectivity index (χ1v) is 10.2. The maximum atomic E-state index is 13.4. The molecule has 3 aromatic heterocycles. The van der Waals surface area contributed by atoms with Crippen LogP contribution in [0.3, 0.4) is 0 Å². The lowest BCUT2D eigenvalue weighted by Crippen LogP contribution is -2.22. The SMILES string of the molecule is Cc1ccccc1-n1c(=O)c2ccccc2n2c(SCc3cnn(C)c3)nnc12. The van der Waals surface area contributed by atoms with Crippen molar-refractivity contribution < 1.29 is 0 Å². The molecule has 8 heteroatoms. The summed E-state index contributed by atoms with van der Waals surface area (Å²) in [7, 11) is 1.90. The van der Waals surface area contributed by atoms with Gasteiger partial charge in [0.25, 0.3) is 5.56 Å². The normalized spacial score (nSPS) is 11.5. The molecule has 0 N–H and O–H groups in total. The quantitative estimate of drug-likeness (QED) is 0.431. The van der Waals surface area contributed by atoms with Gasteiger partial charge in [-0.05, 0) is 30.7 Å². The summed E-state index contributed by atoms with van der Waals surface area (Å²) in [4.78, 5) is 13.4. The van der Waals surface area contributed by atoms with Crippen molar-refractivity contribution in [3.63, 3.8) is 0 Å². The molecular formula is C21H18N6OS. The number of fused-ring (bicyclic) bond motifs is 3. The van der Waals surface area contributed by atoms with Gasteiger partial charge in [-0.3, -0.25) is 13.9 Å². The number of benzene rings is 2. The number of aromatic nitrogens is 6. The molecule has 0 aliphatic heterocycles. The highest BCUT2D eigenvalue weighted by atomic mass is 32.2. The Morgan fingerprint density at radius 1 is 1.03 bits per heavy atom. The predicted molar refractivity (Wildman–Crippen MR) is 114 cm³/mol. The number of rotatable bonds is 4. The first-order chi connectivity index (χ1) is 14.1. The van der Waals surface area contributed by atoms with Crippen LogP contribution in [0.4, 0.5) is 0 Å². The largest absolute Gasteiger partial charge is 0.276 e. The van der Waals surface area contributed by atoms with Crippen LogP contribution >= 0.6 is 11.8 Å². The van der Waals surface area contributed by atoms with Gasteiger partial charge < -0.3 is 0 Å². The Morgan fingerprint density at radius 2 is 1.83 bits per heavy atom. The lowest BCUT2D eigenvalue weighted by atomic mass is 10.2. The number of thioether (sulfide) groups is 1. The van der Waals surface area contributed by atoms with Crippen LogP contribution in [-0.4, -0.2) is 28.9 Å². The summed E-state index contributed by atoms with van der Waals surface area (Å²) < 4.78 is 5.39. The molecule has 0 radical (unpaired) electrons. The van der Waals surface area contributed by atoms with Crippen molar-refractivity contribution in [3.8, 4) is 5.69 Å². The molecule has 0 saturated carbocycles. The zero-order valence-electron chi connectivity index (χ0n) is 16.0. The van der Waals surface area contributed by atoms with Gasteiger partial charge in [-0.2, -0.15) is 5.10 Å². The predicted octanol–water partition coefficient (Wildman–Crippen LogP) is 3.37. The van der Waals surface area contributed by atoms with E-state index in [-0.39, 0.29) is 5.56 Å². The van der Waals surface area contributed by atoms with Gasteiger partial charge in [-0.15, -0.1) is 10.2 Å².